The SMILES string of the molecule is COC(=O)N1CCN(C(C#N)c2cccc(OC)c2)CC1. The van der Waals surface area contributed by atoms with Crippen molar-refractivity contribution in [1.82, 2.24) is 9.80 Å². The minimum Gasteiger partial charge on any atom is -0.497 e. The molecule has 1 saturated heterocycles. The van der Waals surface area contributed by atoms with E-state index in [1.54, 1.807) is 12.0 Å². The number of hydrogen-bond acceptors (Lipinski definition) is 5. The second kappa shape index (κ2) is 6.95. The molecule has 1 aromatic carbocycles. The number of rotatable bonds is 3. The lowest BCUT2D eigenvalue weighted by atomic mass is 10.1. The molecule has 0 radical (unpaired) electrons. The lowest BCUT2D eigenvalue weighted by Gasteiger charge is -2.36. The molecule has 0 bridgehead atoms. The third kappa shape index (κ3) is 3.44. The molecule has 6 nitrogen and oxygen atoms in total. The molecule has 0 aromatic heterocycles. The standard InChI is InChI=1S/C15H19N3O3/c1-20-13-5-3-4-12(10-13)14(11-16)17-6-8-18(9-7-17)15(19)21-2/h3-5,10,14H,6-9H2,1-2H3. The monoisotopic (exact) mass is 289 g/mol. The van der Waals surface area contributed by atoms with Crippen LogP contribution in [0.1, 0.15) is 11.6 Å². The first-order chi connectivity index (χ1) is 10.2. The largest absolute Gasteiger partial charge is 0.497 e. The van der Waals surface area contributed by atoms with Crippen LogP contribution in [0, 0.1) is 11.3 Å². The van der Waals surface area contributed by atoms with E-state index in [-0.39, 0.29) is 12.1 Å². The van der Waals surface area contributed by atoms with Crippen LogP contribution in [0.5, 0.6) is 5.75 Å². The number of ether oxygens (including phenoxy) is 2. The van der Waals surface area contributed by atoms with Crippen LogP contribution in [0.3, 0.4) is 0 Å². The van der Waals surface area contributed by atoms with Crippen LogP contribution in [0.15, 0.2) is 24.3 Å². The van der Waals surface area contributed by atoms with Gasteiger partial charge in [0.1, 0.15) is 11.8 Å². The van der Waals surface area contributed by atoms with Crippen molar-refractivity contribution in [3.63, 3.8) is 0 Å². The third-order valence-electron chi connectivity index (χ3n) is 3.64. The number of amides is 1. The van der Waals surface area contributed by atoms with E-state index >= 15 is 0 Å². The van der Waals surface area contributed by atoms with Crippen molar-refractivity contribution in [1.29, 1.82) is 5.26 Å². The van der Waals surface area contributed by atoms with Gasteiger partial charge in [0.05, 0.1) is 20.3 Å². The maximum atomic E-state index is 11.5. The van der Waals surface area contributed by atoms with Crippen LogP contribution in [-0.4, -0.2) is 56.3 Å². The predicted molar refractivity (Wildman–Crippen MR) is 76.9 cm³/mol. The molecule has 0 saturated carbocycles. The smallest absolute Gasteiger partial charge is 0.409 e. The topological polar surface area (TPSA) is 65.8 Å². The van der Waals surface area contributed by atoms with E-state index in [0.29, 0.717) is 26.2 Å². The van der Waals surface area contributed by atoms with Gasteiger partial charge in [-0.3, -0.25) is 4.90 Å². The summed E-state index contributed by atoms with van der Waals surface area (Å²) in [5.74, 6) is 0.737. The van der Waals surface area contributed by atoms with Gasteiger partial charge in [-0.05, 0) is 17.7 Å². The molecule has 1 aliphatic heterocycles. The molecule has 0 N–H and O–H groups in total. The number of carbonyl (C=O) groups excluding carboxylic acids is 1. The summed E-state index contributed by atoms with van der Waals surface area (Å²) >= 11 is 0. The number of piperazine rings is 1. The zero-order valence-electron chi connectivity index (χ0n) is 12.3. The van der Waals surface area contributed by atoms with Crippen LogP contribution in [0.4, 0.5) is 4.79 Å². The van der Waals surface area contributed by atoms with Crippen LogP contribution in [0.2, 0.25) is 0 Å². The predicted octanol–water partition coefficient (Wildman–Crippen LogP) is 1.64. The highest BCUT2D eigenvalue weighted by Gasteiger charge is 2.27. The molecule has 112 valence electrons. The second-order valence-corrected chi connectivity index (χ2v) is 4.80. The molecule has 1 aromatic rings. The lowest BCUT2D eigenvalue weighted by Crippen LogP contribution is -2.49. The highest BCUT2D eigenvalue weighted by atomic mass is 16.5. The van der Waals surface area contributed by atoms with Crippen molar-refractivity contribution in [3.8, 4) is 11.8 Å². The maximum absolute atomic E-state index is 11.5. The zero-order valence-corrected chi connectivity index (χ0v) is 12.3. The van der Waals surface area contributed by atoms with E-state index in [9.17, 15) is 10.1 Å². The number of benzene rings is 1. The molecular weight excluding hydrogens is 270 g/mol. The first kappa shape index (κ1) is 15.1. The Balaban J connectivity index is 2.06. The van der Waals surface area contributed by atoms with Crippen molar-refractivity contribution < 1.29 is 14.3 Å². The van der Waals surface area contributed by atoms with Crippen LogP contribution in [-0.2, 0) is 4.74 Å². The molecule has 1 aliphatic rings. The highest BCUT2D eigenvalue weighted by molar-refractivity contribution is 5.67. The van der Waals surface area contributed by atoms with Gasteiger partial charge in [0.25, 0.3) is 0 Å². The lowest BCUT2D eigenvalue weighted by molar-refractivity contribution is 0.0834. The summed E-state index contributed by atoms with van der Waals surface area (Å²) < 4.78 is 9.92. The van der Waals surface area contributed by atoms with Gasteiger partial charge in [-0.25, -0.2) is 4.79 Å². The number of carbonyl (C=O) groups is 1. The fourth-order valence-electron chi connectivity index (χ4n) is 2.47. The third-order valence-corrected chi connectivity index (χ3v) is 3.64. The van der Waals surface area contributed by atoms with E-state index in [4.69, 9.17) is 9.47 Å². The van der Waals surface area contributed by atoms with Crippen molar-refractivity contribution in [3.05, 3.63) is 29.8 Å². The minimum absolute atomic E-state index is 0.315. The minimum atomic E-state index is -0.333. The van der Waals surface area contributed by atoms with Gasteiger partial charge in [0.15, 0.2) is 0 Å². The molecule has 0 spiro atoms. The van der Waals surface area contributed by atoms with Gasteiger partial charge in [0.2, 0.25) is 0 Å². The molecule has 1 fully saturated rings. The summed E-state index contributed by atoms with van der Waals surface area (Å²) in [5, 5.41) is 9.48. The van der Waals surface area contributed by atoms with E-state index < -0.39 is 0 Å². The molecule has 1 unspecified atom stereocenters. The summed E-state index contributed by atoms with van der Waals surface area (Å²) in [6, 6.07) is 9.53. The van der Waals surface area contributed by atoms with Gasteiger partial charge in [0, 0.05) is 26.2 Å². The highest BCUT2D eigenvalue weighted by Crippen LogP contribution is 2.24. The van der Waals surface area contributed by atoms with E-state index in [1.807, 2.05) is 24.3 Å². The molecule has 1 atom stereocenters. The first-order valence-corrected chi connectivity index (χ1v) is 6.80. The van der Waals surface area contributed by atoms with E-state index in [2.05, 4.69) is 11.0 Å². The van der Waals surface area contributed by atoms with E-state index in [1.165, 1.54) is 7.11 Å². The Morgan fingerprint density at radius 1 is 1.29 bits per heavy atom. The van der Waals surface area contributed by atoms with Gasteiger partial charge in [-0.1, -0.05) is 12.1 Å². The Morgan fingerprint density at radius 3 is 2.57 bits per heavy atom. The van der Waals surface area contributed by atoms with Gasteiger partial charge >= 0.3 is 6.09 Å². The molecule has 2 rings (SSSR count). The molecule has 6 heteroatoms. The molecule has 21 heavy (non-hydrogen) atoms. The summed E-state index contributed by atoms with van der Waals surface area (Å²) in [6.07, 6.45) is -0.315. The summed E-state index contributed by atoms with van der Waals surface area (Å²) in [7, 11) is 2.98. The normalized spacial score (nSPS) is 16.9. The number of nitriles is 1. The summed E-state index contributed by atoms with van der Waals surface area (Å²) in [5.41, 5.74) is 0.906. The summed E-state index contributed by atoms with van der Waals surface area (Å²) in [6.45, 7) is 2.42. The molecule has 1 amide bonds. The number of nitrogens with zero attached hydrogens (tertiary/aromatic N) is 3. The Morgan fingerprint density at radius 2 is 2.00 bits per heavy atom. The number of hydrogen-bond donors (Lipinski definition) is 0. The first-order valence-electron chi connectivity index (χ1n) is 6.80. The zero-order chi connectivity index (χ0) is 15.2. The quantitative estimate of drug-likeness (QED) is 0.846. The Labute approximate surface area is 124 Å². The average Bonchev–Trinajstić information content (AvgIpc) is 2.55. The molecule has 1 heterocycles. The fraction of sp³-hybridized carbons (Fsp3) is 0.467. The Bertz CT molecular complexity index is 533. The van der Waals surface area contributed by atoms with E-state index in [0.717, 1.165) is 11.3 Å². The molecular formula is C15H19N3O3. The Kier molecular flexibility index (Phi) is 5.01. The van der Waals surface area contributed by atoms with Gasteiger partial charge in [-0.15, -0.1) is 0 Å². The van der Waals surface area contributed by atoms with Crippen molar-refractivity contribution >= 4 is 6.09 Å². The van der Waals surface area contributed by atoms with Crippen molar-refractivity contribution in [2.24, 2.45) is 0 Å². The van der Waals surface area contributed by atoms with Gasteiger partial charge in [-0.2, -0.15) is 5.26 Å². The van der Waals surface area contributed by atoms with Crippen molar-refractivity contribution in [2.45, 2.75) is 6.04 Å². The van der Waals surface area contributed by atoms with Crippen LogP contribution in [0.25, 0.3) is 0 Å². The van der Waals surface area contributed by atoms with Gasteiger partial charge < -0.3 is 14.4 Å². The average molecular weight is 289 g/mol. The second-order valence-electron chi connectivity index (χ2n) is 4.80. The number of methoxy groups -OCH3 is 2. The fourth-order valence-corrected chi connectivity index (χ4v) is 2.47. The van der Waals surface area contributed by atoms with Crippen LogP contribution < -0.4 is 4.74 Å². The maximum Gasteiger partial charge on any atom is 0.409 e. The summed E-state index contributed by atoms with van der Waals surface area (Å²) in [4.78, 5) is 15.2. The Hall–Kier alpha value is -2.26. The van der Waals surface area contributed by atoms with Crippen molar-refractivity contribution in [2.75, 3.05) is 40.4 Å². The molecule has 0 aliphatic carbocycles. The van der Waals surface area contributed by atoms with Crippen LogP contribution >= 0.6 is 0 Å².